The molecule has 0 spiro atoms. The monoisotopic (exact) mass is 388 g/mol. The SMILES string of the molecule is CCCCCCCCCCCCCCCCCCOC[C@H](CO)OC(=O)O. The molecule has 0 aliphatic rings. The van der Waals surface area contributed by atoms with Gasteiger partial charge in [-0.15, -0.1) is 0 Å². The van der Waals surface area contributed by atoms with Gasteiger partial charge in [0.25, 0.3) is 0 Å². The molecule has 0 bridgehead atoms. The molecule has 162 valence electrons. The van der Waals surface area contributed by atoms with Crippen molar-refractivity contribution in [2.75, 3.05) is 19.8 Å². The number of hydrogen-bond donors (Lipinski definition) is 2. The molecule has 5 nitrogen and oxygen atoms in total. The van der Waals surface area contributed by atoms with Crippen molar-refractivity contribution in [1.82, 2.24) is 0 Å². The zero-order valence-corrected chi connectivity index (χ0v) is 17.6. The normalized spacial score (nSPS) is 12.2. The fraction of sp³-hybridized carbons (Fsp3) is 0.955. The van der Waals surface area contributed by atoms with E-state index in [4.69, 9.17) is 14.9 Å². The Bertz CT molecular complexity index is 309. The van der Waals surface area contributed by atoms with Gasteiger partial charge < -0.3 is 19.7 Å². The first-order valence-corrected chi connectivity index (χ1v) is 11.3. The molecule has 0 aromatic heterocycles. The van der Waals surface area contributed by atoms with Gasteiger partial charge in [0, 0.05) is 6.61 Å². The van der Waals surface area contributed by atoms with Gasteiger partial charge in [0.05, 0.1) is 13.2 Å². The standard InChI is InChI=1S/C22H44O5/c1-2-3-4-5-6-7-8-9-10-11-12-13-14-15-16-17-18-26-20-21(19-23)27-22(24)25/h21,23H,2-20H2,1H3,(H,24,25)/t21-/m0/s1. The highest BCUT2D eigenvalue weighted by atomic mass is 16.7. The summed E-state index contributed by atoms with van der Waals surface area (Å²) >= 11 is 0. The van der Waals surface area contributed by atoms with Gasteiger partial charge in [0.1, 0.15) is 0 Å². The van der Waals surface area contributed by atoms with E-state index in [-0.39, 0.29) is 13.2 Å². The number of hydrogen-bond acceptors (Lipinski definition) is 4. The van der Waals surface area contributed by atoms with E-state index in [0.29, 0.717) is 6.61 Å². The molecule has 2 N–H and O–H groups in total. The second kappa shape index (κ2) is 21.5. The Balaban J connectivity index is 3.13. The maximum absolute atomic E-state index is 10.4. The lowest BCUT2D eigenvalue weighted by molar-refractivity contribution is -0.0254. The highest BCUT2D eigenvalue weighted by Gasteiger charge is 2.12. The Morgan fingerprint density at radius 2 is 1.15 bits per heavy atom. The Labute approximate surface area is 166 Å². The average Bonchev–Trinajstić information content (AvgIpc) is 2.65. The van der Waals surface area contributed by atoms with Gasteiger partial charge in [0.2, 0.25) is 0 Å². The Morgan fingerprint density at radius 3 is 1.52 bits per heavy atom. The number of carboxylic acid groups (broad SMARTS) is 1. The summed E-state index contributed by atoms with van der Waals surface area (Å²) in [4.78, 5) is 10.4. The van der Waals surface area contributed by atoms with E-state index < -0.39 is 12.3 Å². The second-order valence-electron chi connectivity index (χ2n) is 7.57. The van der Waals surface area contributed by atoms with Gasteiger partial charge >= 0.3 is 6.16 Å². The van der Waals surface area contributed by atoms with Gasteiger partial charge in [-0.25, -0.2) is 4.79 Å². The van der Waals surface area contributed by atoms with Crippen LogP contribution in [0.3, 0.4) is 0 Å². The molecular weight excluding hydrogens is 344 g/mol. The quantitative estimate of drug-likeness (QED) is 0.178. The maximum atomic E-state index is 10.4. The van der Waals surface area contributed by atoms with E-state index in [2.05, 4.69) is 11.7 Å². The fourth-order valence-corrected chi connectivity index (χ4v) is 3.23. The summed E-state index contributed by atoms with van der Waals surface area (Å²) in [6, 6.07) is 0. The molecule has 0 saturated carbocycles. The lowest BCUT2D eigenvalue weighted by Gasteiger charge is -2.13. The van der Waals surface area contributed by atoms with Crippen LogP contribution in [0.2, 0.25) is 0 Å². The van der Waals surface area contributed by atoms with E-state index in [1.165, 1.54) is 89.9 Å². The smallest absolute Gasteiger partial charge is 0.450 e. The largest absolute Gasteiger partial charge is 0.506 e. The third kappa shape index (κ3) is 21.3. The van der Waals surface area contributed by atoms with E-state index in [1.54, 1.807) is 0 Å². The first-order valence-electron chi connectivity index (χ1n) is 11.3. The molecule has 0 radical (unpaired) electrons. The van der Waals surface area contributed by atoms with Crippen molar-refractivity contribution >= 4 is 6.16 Å². The van der Waals surface area contributed by atoms with E-state index in [1.807, 2.05) is 0 Å². The van der Waals surface area contributed by atoms with Crippen molar-refractivity contribution in [3.63, 3.8) is 0 Å². The van der Waals surface area contributed by atoms with Crippen LogP contribution in [-0.2, 0) is 9.47 Å². The molecule has 0 fully saturated rings. The number of aliphatic hydroxyl groups is 1. The Morgan fingerprint density at radius 1 is 0.741 bits per heavy atom. The molecule has 0 rings (SSSR count). The number of aliphatic hydroxyl groups excluding tert-OH is 1. The summed E-state index contributed by atoms with van der Waals surface area (Å²) in [5.74, 6) is 0. The summed E-state index contributed by atoms with van der Waals surface area (Å²) in [5, 5.41) is 17.4. The van der Waals surface area contributed by atoms with Crippen LogP contribution in [0, 0.1) is 0 Å². The van der Waals surface area contributed by atoms with Crippen molar-refractivity contribution < 1.29 is 24.5 Å². The zero-order valence-electron chi connectivity index (χ0n) is 17.6. The molecule has 5 heteroatoms. The summed E-state index contributed by atoms with van der Waals surface area (Å²) in [5.41, 5.74) is 0. The van der Waals surface area contributed by atoms with Crippen LogP contribution >= 0.6 is 0 Å². The molecule has 0 aromatic carbocycles. The molecule has 1 atom stereocenters. The second-order valence-corrected chi connectivity index (χ2v) is 7.57. The number of ether oxygens (including phenoxy) is 2. The average molecular weight is 389 g/mol. The van der Waals surface area contributed by atoms with E-state index in [9.17, 15) is 4.79 Å². The van der Waals surface area contributed by atoms with Crippen LogP contribution in [0.5, 0.6) is 0 Å². The van der Waals surface area contributed by atoms with Crippen molar-refractivity contribution in [3.8, 4) is 0 Å². The summed E-state index contributed by atoms with van der Waals surface area (Å²) in [6.07, 6.45) is 19.2. The highest BCUT2D eigenvalue weighted by molar-refractivity contribution is 5.57. The van der Waals surface area contributed by atoms with Crippen molar-refractivity contribution in [2.45, 2.75) is 116 Å². The summed E-state index contributed by atoms with van der Waals surface area (Å²) in [7, 11) is 0. The highest BCUT2D eigenvalue weighted by Crippen LogP contribution is 2.13. The lowest BCUT2D eigenvalue weighted by atomic mass is 10.0. The van der Waals surface area contributed by atoms with Gasteiger partial charge in [0.15, 0.2) is 6.10 Å². The Kier molecular flexibility index (Phi) is 20.8. The minimum atomic E-state index is -1.37. The Hall–Kier alpha value is -0.810. The first kappa shape index (κ1) is 26.2. The van der Waals surface area contributed by atoms with Crippen LogP contribution in [0.4, 0.5) is 4.79 Å². The lowest BCUT2D eigenvalue weighted by Crippen LogP contribution is -2.26. The van der Waals surface area contributed by atoms with E-state index >= 15 is 0 Å². The number of rotatable bonds is 21. The van der Waals surface area contributed by atoms with Gasteiger partial charge in [-0.2, -0.15) is 0 Å². The van der Waals surface area contributed by atoms with Crippen LogP contribution in [-0.4, -0.2) is 42.3 Å². The third-order valence-electron chi connectivity index (χ3n) is 4.92. The molecule has 0 heterocycles. The number of unbranched alkanes of at least 4 members (excludes halogenated alkanes) is 15. The molecule has 0 aromatic rings. The van der Waals surface area contributed by atoms with Crippen LogP contribution in [0.25, 0.3) is 0 Å². The molecule has 0 saturated heterocycles. The summed E-state index contributed by atoms with van der Waals surface area (Å²) in [6.45, 7) is 2.65. The molecule has 0 aliphatic carbocycles. The number of carbonyl (C=O) groups is 1. The van der Waals surface area contributed by atoms with Crippen molar-refractivity contribution in [3.05, 3.63) is 0 Å². The van der Waals surface area contributed by atoms with Crippen LogP contribution < -0.4 is 0 Å². The molecular formula is C22H44O5. The van der Waals surface area contributed by atoms with Gasteiger partial charge in [-0.1, -0.05) is 103 Å². The minimum absolute atomic E-state index is 0.127. The van der Waals surface area contributed by atoms with E-state index in [0.717, 1.165) is 12.8 Å². The van der Waals surface area contributed by atoms with Gasteiger partial charge in [-0.3, -0.25) is 0 Å². The van der Waals surface area contributed by atoms with Crippen LogP contribution in [0.1, 0.15) is 110 Å². The molecule has 0 amide bonds. The molecule has 0 unspecified atom stereocenters. The predicted molar refractivity (Wildman–Crippen MR) is 110 cm³/mol. The van der Waals surface area contributed by atoms with Crippen LogP contribution in [0.15, 0.2) is 0 Å². The third-order valence-corrected chi connectivity index (χ3v) is 4.92. The minimum Gasteiger partial charge on any atom is -0.450 e. The van der Waals surface area contributed by atoms with Gasteiger partial charge in [-0.05, 0) is 6.42 Å². The van der Waals surface area contributed by atoms with Crippen molar-refractivity contribution in [1.29, 1.82) is 0 Å². The maximum Gasteiger partial charge on any atom is 0.506 e. The molecule has 27 heavy (non-hydrogen) atoms. The summed E-state index contributed by atoms with van der Waals surface area (Å²) < 4.78 is 9.83. The fourth-order valence-electron chi connectivity index (χ4n) is 3.23. The predicted octanol–water partition coefficient (Wildman–Crippen LogP) is 6.32. The topological polar surface area (TPSA) is 76.0 Å². The zero-order chi connectivity index (χ0) is 20.0. The first-order chi connectivity index (χ1) is 13.2. The molecule has 0 aliphatic heterocycles. The van der Waals surface area contributed by atoms with Crippen molar-refractivity contribution in [2.24, 2.45) is 0 Å².